The topological polar surface area (TPSA) is 51.4 Å². The molecule has 1 unspecified atom stereocenters. The van der Waals surface area contributed by atoms with Gasteiger partial charge in [-0.2, -0.15) is 0 Å². The minimum absolute atomic E-state index is 0.282. The SMILES string of the molecule is COc1cncc(N2CCCC(N)C2)c1. The van der Waals surface area contributed by atoms with Crippen LogP contribution in [0.1, 0.15) is 12.8 Å². The molecule has 0 aliphatic carbocycles. The van der Waals surface area contributed by atoms with Crippen molar-refractivity contribution in [1.82, 2.24) is 4.98 Å². The van der Waals surface area contributed by atoms with Crippen LogP contribution < -0.4 is 15.4 Å². The van der Waals surface area contributed by atoms with Crippen molar-refractivity contribution < 1.29 is 4.74 Å². The summed E-state index contributed by atoms with van der Waals surface area (Å²) in [6.07, 6.45) is 5.85. The number of anilines is 1. The summed E-state index contributed by atoms with van der Waals surface area (Å²) in [5.41, 5.74) is 7.04. The highest BCUT2D eigenvalue weighted by Crippen LogP contribution is 2.22. The molecule has 1 saturated heterocycles. The molecule has 0 bridgehead atoms. The molecule has 0 spiro atoms. The lowest BCUT2D eigenvalue weighted by atomic mass is 10.1. The monoisotopic (exact) mass is 207 g/mol. The van der Waals surface area contributed by atoms with E-state index in [4.69, 9.17) is 10.5 Å². The van der Waals surface area contributed by atoms with Gasteiger partial charge in [-0.05, 0) is 12.8 Å². The molecule has 1 atom stereocenters. The fourth-order valence-corrected chi connectivity index (χ4v) is 1.94. The zero-order valence-corrected chi connectivity index (χ0v) is 9.02. The van der Waals surface area contributed by atoms with Crippen molar-refractivity contribution in [2.24, 2.45) is 5.73 Å². The van der Waals surface area contributed by atoms with Crippen LogP contribution in [0.4, 0.5) is 5.69 Å². The second-order valence-corrected chi connectivity index (χ2v) is 3.93. The van der Waals surface area contributed by atoms with Gasteiger partial charge < -0.3 is 15.4 Å². The maximum atomic E-state index is 5.94. The number of rotatable bonds is 2. The minimum atomic E-state index is 0.282. The van der Waals surface area contributed by atoms with Gasteiger partial charge in [0.1, 0.15) is 5.75 Å². The Labute approximate surface area is 90.0 Å². The molecule has 1 aromatic rings. The molecular weight excluding hydrogens is 190 g/mol. The largest absolute Gasteiger partial charge is 0.495 e. The summed E-state index contributed by atoms with van der Waals surface area (Å²) in [5.74, 6) is 0.798. The zero-order chi connectivity index (χ0) is 10.7. The fraction of sp³-hybridized carbons (Fsp3) is 0.545. The second-order valence-electron chi connectivity index (χ2n) is 3.93. The van der Waals surface area contributed by atoms with Gasteiger partial charge >= 0.3 is 0 Å². The Morgan fingerprint density at radius 1 is 1.53 bits per heavy atom. The van der Waals surface area contributed by atoms with Crippen molar-refractivity contribution in [2.75, 3.05) is 25.1 Å². The van der Waals surface area contributed by atoms with Crippen LogP contribution in [0, 0.1) is 0 Å². The number of hydrogen-bond donors (Lipinski definition) is 1. The molecule has 2 rings (SSSR count). The normalized spacial score (nSPS) is 21.5. The van der Waals surface area contributed by atoms with Crippen LogP contribution in [-0.4, -0.2) is 31.2 Å². The highest BCUT2D eigenvalue weighted by Gasteiger charge is 2.17. The van der Waals surface area contributed by atoms with Gasteiger partial charge in [0.2, 0.25) is 0 Å². The van der Waals surface area contributed by atoms with E-state index in [0.717, 1.165) is 37.4 Å². The molecule has 1 aliphatic rings. The van der Waals surface area contributed by atoms with Crippen LogP contribution in [0.5, 0.6) is 5.75 Å². The summed E-state index contributed by atoms with van der Waals surface area (Å²) in [6, 6.07) is 2.29. The van der Waals surface area contributed by atoms with Crippen LogP contribution in [-0.2, 0) is 0 Å². The lowest BCUT2D eigenvalue weighted by Crippen LogP contribution is -2.42. The molecule has 1 aromatic heterocycles. The van der Waals surface area contributed by atoms with Gasteiger partial charge in [-0.15, -0.1) is 0 Å². The Kier molecular flexibility index (Phi) is 3.06. The van der Waals surface area contributed by atoms with Gasteiger partial charge in [-0.3, -0.25) is 4.98 Å². The van der Waals surface area contributed by atoms with Crippen molar-refractivity contribution in [2.45, 2.75) is 18.9 Å². The number of nitrogens with zero attached hydrogens (tertiary/aromatic N) is 2. The van der Waals surface area contributed by atoms with Gasteiger partial charge in [-0.25, -0.2) is 0 Å². The van der Waals surface area contributed by atoms with Gasteiger partial charge in [0.15, 0.2) is 0 Å². The van der Waals surface area contributed by atoms with Gasteiger partial charge in [-0.1, -0.05) is 0 Å². The highest BCUT2D eigenvalue weighted by atomic mass is 16.5. The molecule has 0 aromatic carbocycles. The summed E-state index contributed by atoms with van der Waals surface area (Å²) < 4.78 is 5.15. The molecule has 0 radical (unpaired) electrons. The third kappa shape index (κ3) is 2.39. The first-order valence-corrected chi connectivity index (χ1v) is 5.29. The molecule has 15 heavy (non-hydrogen) atoms. The molecule has 1 fully saturated rings. The van der Waals surface area contributed by atoms with Gasteiger partial charge in [0, 0.05) is 25.2 Å². The van der Waals surface area contributed by atoms with Crippen LogP contribution in [0.25, 0.3) is 0 Å². The lowest BCUT2D eigenvalue weighted by Gasteiger charge is -2.32. The third-order valence-corrected chi connectivity index (χ3v) is 2.76. The van der Waals surface area contributed by atoms with E-state index in [1.54, 1.807) is 13.3 Å². The predicted octanol–water partition coefficient (Wildman–Crippen LogP) is 1.02. The second kappa shape index (κ2) is 4.49. The van der Waals surface area contributed by atoms with Crippen molar-refractivity contribution >= 4 is 5.69 Å². The number of methoxy groups -OCH3 is 1. The Balaban J connectivity index is 2.13. The molecule has 0 saturated carbocycles. The average Bonchev–Trinajstić information content (AvgIpc) is 2.29. The van der Waals surface area contributed by atoms with E-state index in [0.29, 0.717) is 0 Å². The van der Waals surface area contributed by atoms with Crippen molar-refractivity contribution in [3.8, 4) is 5.75 Å². The lowest BCUT2D eigenvalue weighted by molar-refractivity contribution is 0.412. The standard InChI is InChI=1S/C11H17N3O/c1-15-11-5-10(6-13-7-11)14-4-2-3-9(12)8-14/h5-7,9H,2-4,8,12H2,1H3. The highest BCUT2D eigenvalue weighted by molar-refractivity contribution is 5.48. The van der Waals surface area contributed by atoms with Gasteiger partial charge in [0.05, 0.1) is 25.2 Å². The van der Waals surface area contributed by atoms with E-state index in [9.17, 15) is 0 Å². The smallest absolute Gasteiger partial charge is 0.139 e. The first kappa shape index (κ1) is 10.2. The number of nitrogens with two attached hydrogens (primary N) is 1. The summed E-state index contributed by atoms with van der Waals surface area (Å²) in [6.45, 7) is 1.97. The fourth-order valence-electron chi connectivity index (χ4n) is 1.94. The van der Waals surface area contributed by atoms with E-state index in [-0.39, 0.29) is 6.04 Å². The Bertz CT molecular complexity index is 329. The molecular formula is C11H17N3O. The Morgan fingerprint density at radius 2 is 2.40 bits per heavy atom. The molecule has 4 heteroatoms. The van der Waals surface area contributed by atoms with E-state index >= 15 is 0 Å². The molecule has 82 valence electrons. The molecule has 0 amide bonds. The molecule has 1 aliphatic heterocycles. The van der Waals surface area contributed by atoms with Crippen LogP contribution in [0.2, 0.25) is 0 Å². The van der Waals surface area contributed by atoms with E-state index < -0.39 is 0 Å². The van der Waals surface area contributed by atoms with Crippen LogP contribution in [0.3, 0.4) is 0 Å². The van der Waals surface area contributed by atoms with Crippen LogP contribution >= 0.6 is 0 Å². The van der Waals surface area contributed by atoms with Crippen molar-refractivity contribution in [1.29, 1.82) is 0 Å². The van der Waals surface area contributed by atoms with Crippen LogP contribution in [0.15, 0.2) is 18.5 Å². The van der Waals surface area contributed by atoms with Crippen molar-refractivity contribution in [3.05, 3.63) is 18.5 Å². The number of pyridine rings is 1. The average molecular weight is 207 g/mol. The number of ether oxygens (including phenoxy) is 1. The predicted molar refractivity (Wildman–Crippen MR) is 60.2 cm³/mol. The summed E-state index contributed by atoms with van der Waals surface area (Å²) >= 11 is 0. The summed E-state index contributed by atoms with van der Waals surface area (Å²) in [4.78, 5) is 6.42. The summed E-state index contributed by atoms with van der Waals surface area (Å²) in [5, 5.41) is 0. The Hall–Kier alpha value is -1.29. The summed E-state index contributed by atoms with van der Waals surface area (Å²) in [7, 11) is 1.66. The van der Waals surface area contributed by atoms with E-state index in [2.05, 4.69) is 9.88 Å². The molecule has 2 N–H and O–H groups in total. The minimum Gasteiger partial charge on any atom is -0.495 e. The Morgan fingerprint density at radius 3 is 3.13 bits per heavy atom. The van der Waals surface area contributed by atoms with Gasteiger partial charge in [0.25, 0.3) is 0 Å². The van der Waals surface area contributed by atoms with Crippen molar-refractivity contribution in [3.63, 3.8) is 0 Å². The number of aromatic nitrogens is 1. The number of piperidine rings is 1. The zero-order valence-electron chi connectivity index (χ0n) is 9.02. The maximum absolute atomic E-state index is 5.94. The molecule has 2 heterocycles. The van der Waals surface area contributed by atoms with E-state index in [1.807, 2.05) is 12.3 Å². The maximum Gasteiger partial charge on any atom is 0.139 e. The quantitative estimate of drug-likeness (QED) is 0.786. The third-order valence-electron chi connectivity index (χ3n) is 2.76. The first-order chi connectivity index (χ1) is 7.29. The first-order valence-electron chi connectivity index (χ1n) is 5.29. The molecule has 4 nitrogen and oxygen atoms in total. The number of hydrogen-bond acceptors (Lipinski definition) is 4. The van der Waals surface area contributed by atoms with E-state index in [1.165, 1.54) is 0 Å².